The third-order valence-electron chi connectivity index (χ3n) is 3.68. The quantitative estimate of drug-likeness (QED) is 0.768. The van der Waals surface area contributed by atoms with Crippen molar-refractivity contribution < 1.29 is 0 Å². The van der Waals surface area contributed by atoms with Crippen LogP contribution in [-0.4, -0.2) is 25.2 Å². The summed E-state index contributed by atoms with van der Waals surface area (Å²) in [6, 6.07) is 11.4. The van der Waals surface area contributed by atoms with E-state index in [0.717, 1.165) is 18.7 Å². The molecule has 0 saturated carbocycles. The maximum Gasteiger partial charge on any atom is 0.0991 e. The van der Waals surface area contributed by atoms with Crippen molar-refractivity contribution in [3.63, 3.8) is 0 Å². The first kappa shape index (κ1) is 9.68. The van der Waals surface area contributed by atoms with Gasteiger partial charge in [0.15, 0.2) is 0 Å². The number of nitrogens with one attached hydrogen (secondary N) is 1. The van der Waals surface area contributed by atoms with Crippen molar-refractivity contribution in [2.75, 3.05) is 18.0 Å². The molecule has 3 aliphatic heterocycles. The number of rotatable bonds is 1. The number of nitriles is 1. The summed E-state index contributed by atoms with van der Waals surface area (Å²) in [7, 11) is 0. The van der Waals surface area contributed by atoms with Gasteiger partial charge in [-0.05, 0) is 37.1 Å². The lowest BCUT2D eigenvalue weighted by atomic mass is 9.92. The zero-order valence-electron chi connectivity index (χ0n) is 9.19. The average molecular weight is 213 g/mol. The topological polar surface area (TPSA) is 39.1 Å². The first-order valence-corrected chi connectivity index (χ1v) is 5.87. The molecule has 16 heavy (non-hydrogen) atoms. The highest BCUT2D eigenvalue weighted by Gasteiger charge is 2.33. The van der Waals surface area contributed by atoms with Gasteiger partial charge in [0.1, 0.15) is 0 Å². The number of fused-ring (bicyclic) bond motifs is 3. The van der Waals surface area contributed by atoms with E-state index in [0.29, 0.717) is 12.1 Å². The van der Waals surface area contributed by atoms with E-state index in [9.17, 15) is 0 Å². The molecule has 2 atom stereocenters. The predicted octanol–water partition coefficient (Wildman–Crippen LogP) is 1.50. The van der Waals surface area contributed by atoms with Crippen molar-refractivity contribution in [3.8, 4) is 6.07 Å². The summed E-state index contributed by atoms with van der Waals surface area (Å²) >= 11 is 0. The Kier molecular flexibility index (Phi) is 2.30. The minimum atomic E-state index is 0.637. The van der Waals surface area contributed by atoms with Gasteiger partial charge in [0.25, 0.3) is 0 Å². The van der Waals surface area contributed by atoms with Crippen molar-refractivity contribution in [2.45, 2.75) is 24.9 Å². The highest BCUT2D eigenvalue weighted by atomic mass is 15.2. The standard InChI is InChI=1S/C13H15N3/c14-7-10-1-4-12(5-2-10)16-9-11-3-6-13(16)8-15-11/h1-2,4-5,11,13,15H,3,6,8-9H2. The predicted molar refractivity (Wildman–Crippen MR) is 63.3 cm³/mol. The molecule has 1 N–H and O–H groups in total. The van der Waals surface area contributed by atoms with Crippen molar-refractivity contribution in [2.24, 2.45) is 0 Å². The molecule has 0 aliphatic carbocycles. The molecule has 3 saturated heterocycles. The zero-order valence-corrected chi connectivity index (χ0v) is 9.19. The van der Waals surface area contributed by atoms with Gasteiger partial charge in [0.05, 0.1) is 11.6 Å². The van der Waals surface area contributed by atoms with Gasteiger partial charge in [0, 0.05) is 30.9 Å². The molecule has 3 heterocycles. The Morgan fingerprint density at radius 1 is 1.25 bits per heavy atom. The van der Waals surface area contributed by atoms with Crippen molar-refractivity contribution in [3.05, 3.63) is 29.8 Å². The first-order valence-electron chi connectivity index (χ1n) is 5.87. The minimum Gasteiger partial charge on any atom is -0.366 e. The van der Waals surface area contributed by atoms with Crippen LogP contribution in [0.2, 0.25) is 0 Å². The lowest BCUT2D eigenvalue weighted by Crippen LogP contribution is -2.61. The minimum absolute atomic E-state index is 0.637. The van der Waals surface area contributed by atoms with Crippen LogP contribution in [0.4, 0.5) is 5.69 Å². The second kappa shape index (κ2) is 3.80. The molecule has 1 aromatic rings. The van der Waals surface area contributed by atoms with E-state index in [1.807, 2.05) is 12.1 Å². The number of piperidine rings is 2. The number of hydrogen-bond acceptors (Lipinski definition) is 3. The number of benzene rings is 1. The van der Waals surface area contributed by atoms with Gasteiger partial charge in [-0.15, -0.1) is 0 Å². The molecule has 2 bridgehead atoms. The van der Waals surface area contributed by atoms with Crippen LogP contribution in [0.1, 0.15) is 18.4 Å². The average Bonchev–Trinajstić information content (AvgIpc) is 2.40. The van der Waals surface area contributed by atoms with Gasteiger partial charge in [0.2, 0.25) is 0 Å². The second-order valence-electron chi connectivity index (χ2n) is 4.65. The highest BCUT2D eigenvalue weighted by molar-refractivity contribution is 5.51. The molecule has 3 nitrogen and oxygen atoms in total. The van der Waals surface area contributed by atoms with Gasteiger partial charge >= 0.3 is 0 Å². The van der Waals surface area contributed by atoms with Gasteiger partial charge in [-0.1, -0.05) is 0 Å². The summed E-state index contributed by atoms with van der Waals surface area (Å²) in [5.41, 5.74) is 2.00. The van der Waals surface area contributed by atoms with Crippen LogP contribution in [0.25, 0.3) is 0 Å². The lowest BCUT2D eigenvalue weighted by molar-refractivity contribution is 0.290. The molecule has 0 radical (unpaired) electrons. The van der Waals surface area contributed by atoms with E-state index < -0.39 is 0 Å². The molecule has 0 spiro atoms. The molecule has 3 fully saturated rings. The highest BCUT2D eigenvalue weighted by Crippen LogP contribution is 2.28. The fourth-order valence-electron chi connectivity index (χ4n) is 2.75. The molecule has 4 rings (SSSR count). The summed E-state index contributed by atoms with van der Waals surface area (Å²) in [6.45, 7) is 2.21. The molecule has 82 valence electrons. The van der Waals surface area contributed by atoms with Gasteiger partial charge in [-0.3, -0.25) is 0 Å². The van der Waals surface area contributed by atoms with Gasteiger partial charge in [-0.2, -0.15) is 5.26 Å². The summed E-state index contributed by atoms with van der Waals surface area (Å²) < 4.78 is 0. The Labute approximate surface area is 95.7 Å². The normalized spacial score (nSPS) is 27.8. The zero-order chi connectivity index (χ0) is 11.0. The van der Waals surface area contributed by atoms with Gasteiger partial charge in [-0.25, -0.2) is 0 Å². The second-order valence-corrected chi connectivity index (χ2v) is 4.65. The maximum absolute atomic E-state index is 8.77. The Morgan fingerprint density at radius 3 is 2.56 bits per heavy atom. The van der Waals surface area contributed by atoms with Crippen LogP contribution in [0.5, 0.6) is 0 Å². The Hall–Kier alpha value is -1.53. The first-order chi connectivity index (χ1) is 7.86. The maximum atomic E-state index is 8.77. The monoisotopic (exact) mass is 213 g/mol. The fraction of sp³-hybridized carbons (Fsp3) is 0.462. The molecule has 1 aromatic carbocycles. The summed E-state index contributed by atoms with van der Waals surface area (Å²) in [5, 5.41) is 12.3. The molecular formula is C13H15N3. The largest absolute Gasteiger partial charge is 0.366 e. The van der Waals surface area contributed by atoms with E-state index >= 15 is 0 Å². The number of nitrogens with zero attached hydrogens (tertiary/aromatic N) is 2. The van der Waals surface area contributed by atoms with E-state index in [-0.39, 0.29) is 0 Å². The van der Waals surface area contributed by atoms with E-state index in [2.05, 4.69) is 28.4 Å². The summed E-state index contributed by atoms with van der Waals surface area (Å²) in [6.07, 6.45) is 2.59. The number of hydrogen-bond donors (Lipinski definition) is 1. The SMILES string of the molecule is N#Cc1ccc(N2CC3CCC2CN3)cc1. The Bertz CT molecular complexity index is 410. The van der Waals surface area contributed by atoms with Crippen molar-refractivity contribution in [1.29, 1.82) is 5.26 Å². The van der Waals surface area contributed by atoms with Crippen LogP contribution >= 0.6 is 0 Å². The Balaban J connectivity index is 1.84. The number of anilines is 1. The van der Waals surface area contributed by atoms with E-state index in [4.69, 9.17) is 5.26 Å². The molecular weight excluding hydrogens is 198 g/mol. The lowest BCUT2D eigenvalue weighted by Gasteiger charge is -2.47. The number of piperazine rings is 1. The van der Waals surface area contributed by atoms with Gasteiger partial charge < -0.3 is 10.2 Å². The van der Waals surface area contributed by atoms with E-state index in [1.54, 1.807) is 0 Å². The van der Waals surface area contributed by atoms with Crippen molar-refractivity contribution >= 4 is 5.69 Å². The van der Waals surface area contributed by atoms with E-state index in [1.165, 1.54) is 18.5 Å². The molecule has 3 heteroatoms. The summed E-state index contributed by atoms with van der Waals surface area (Å²) in [5.74, 6) is 0. The summed E-state index contributed by atoms with van der Waals surface area (Å²) in [4.78, 5) is 2.48. The third kappa shape index (κ3) is 1.56. The Morgan fingerprint density at radius 2 is 2.06 bits per heavy atom. The third-order valence-corrected chi connectivity index (χ3v) is 3.68. The molecule has 0 amide bonds. The van der Waals surface area contributed by atoms with Crippen LogP contribution in [-0.2, 0) is 0 Å². The van der Waals surface area contributed by atoms with Crippen LogP contribution in [0.3, 0.4) is 0 Å². The van der Waals surface area contributed by atoms with Crippen LogP contribution in [0, 0.1) is 11.3 Å². The molecule has 3 aliphatic rings. The molecule has 2 unspecified atom stereocenters. The van der Waals surface area contributed by atoms with Crippen LogP contribution in [0.15, 0.2) is 24.3 Å². The van der Waals surface area contributed by atoms with Crippen LogP contribution < -0.4 is 10.2 Å². The molecule has 0 aromatic heterocycles. The smallest absolute Gasteiger partial charge is 0.0991 e. The van der Waals surface area contributed by atoms with Crippen molar-refractivity contribution in [1.82, 2.24) is 5.32 Å². The fourth-order valence-corrected chi connectivity index (χ4v) is 2.75.